The zero-order chi connectivity index (χ0) is 12.3. The Morgan fingerprint density at radius 3 is 2.65 bits per heavy atom. The van der Waals surface area contributed by atoms with Crippen LogP contribution in [-0.4, -0.2) is 29.1 Å². The molecule has 2 rings (SSSR count). The Labute approximate surface area is 105 Å². The molecule has 1 aromatic rings. The lowest BCUT2D eigenvalue weighted by molar-refractivity contribution is -0.128. The molecule has 1 saturated heterocycles. The Morgan fingerprint density at radius 1 is 1.35 bits per heavy atom. The van der Waals surface area contributed by atoms with Crippen molar-refractivity contribution in [3.05, 3.63) is 35.9 Å². The van der Waals surface area contributed by atoms with Crippen LogP contribution >= 0.6 is 11.6 Å². The smallest absolute Gasteiger partial charge is 0.227 e. The average molecular weight is 252 g/mol. The van der Waals surface area contributed by atoms with Gasteiger partial charge in [0, 0.05) is 19.5 Å². The fraction of sp³-hybridized carbons (Fsp3) is 0.385. The van der Waals surface area contributed by atoms with Gasteiger partial charge in [-0.05, 0) is 23.6 Å². The van der Waals surface area contributed by atoms with Gasteiger partial charge in [-0.2, -0.15) is 0 Å². The van der Waals surface area contributed by atoms with Crippen molar-refractivity contribution >= 4 is 22.8 Å². The molecule has 1 amide bonds. The van der Waals surface area contributed by atoms with Crippen LogP contribution in [-0.2, 0) is 16.0 Å². The minimum atomic E-state index is -0.402. The molecule has 1 aliphatic heterocycles. The maximum Gasteiger partial charge on any atom is 0.227 e. The minimum absolute atomic E-state index is 0.0277. The van der Waals surface area contributed by atoms with E-state index in [9.17, 15) is 9.59 Å². The highest BCUT2D eigenvalue weighted by Crippen LogP contribution is 2.20. The van der Waals surface area contributed by atoms with Crippen molar-refractivity contribution in [1.82, 2.24) is 4.90 Å². The van der Waals surface area contributed by atoms with Crippen LogP contribution in [0.5, 0.6) is 0 Å². The molecule has 1 aromatic carbocycles. The molecule has 1 aliphatic rings. The molecule has 0 spiro atoms. The Bertz CT molecular complexity index is 419. The second-order valence-electron chi connectivity index (χ2n) is 4.28. The summed E-state index contributed by atoms with van der Waals surface area (Å²) in [5, 5.41) is -0.402. The number of carbonyl (C=O) groups excluding carboxylic acids is 2. The topological polar surface area (TPSA) is 37.4 Å². The lowest BCUT2D eigenvalue weighted by atomic mass is 10.1. The van der Waals surface area contributed by atoms with Crippen LogP contribution in [0, 0.1) is 5.92 Å². The van der Waals surface area contributed by atoms with Crippen LogP contribution in [0.3, 0.4) is 0 Å². The predicted octanol–water partition coefficient (Wildman–Crippen LogP) is 1.84. The molecule has 0 bridgehead atoms. The van der Waals surface area contributed by atoms with Gasteiger partial charge in [0.2, 0.25) is 11.1 Å². The molecule has 0 aliphatic carbocycles. The lowest BCUT2D eigenvalue weighted by Gasteiger charge is -2.15. The number of nitrogens with zero attached hydrogens (tertiary/aromatic N) is 1. The average Bonchev–Trinajstić information content (AvgIpc) is 2.70. The second-order valence-corrected chi connectivity index (χ2v) is 4.65. The molecule has 0 aromatic heterocycles. The molecule has 0 radical (unpaired) electrons. The van der Waals surface area contributed by atoms with Gasteiger partial charge >= 0.3 is 0 Å². The van der Waals surface area contributed by atoms with E-state index in [4.69, 9.17) is 11.6 Å². The molecule has 0 N–H and O–H groups in total. The van der Waals surface area contributed by atoms with Crippen LogP contribution in [0.15, 0.2) is 30.3 Å². The summed E-state index contributed by atoms with van der Waals surface area (Å²) >= 11 is 5.41. The first-order valence-corrected chi connectivity index (χ1v) is 6.05. The summed E-state index contributed by atoms with van der Waals surface area (Å²) in [5.41, 5.74) is 1.20. The molecule has 90 valence electrons. The van der Waals surface area contributed by atoms with Gasteiger partial charge in [-0.3, -0.25) is 9.59 Å². The van der Waals surface area contributed by atoms with Gasteiger partial charge in [-0.1, -0.05) is 30.3 Å². The van der Waals surface area contributed by atoms with E-state index in [1.54, 1.807) is 4.90 Å². The summed E-state index contributed by atoms with van der Waals surface area (Å²) in [4.78, 5) is 24.3. The zero-order valence-electron chi connectivity index (χ0n) is 9.43. The molecule has 1 heterocycles. The third kappa shape index (κ3) is 3.07. The third-order valence-electron chi connectivity index (χ3n) is 3.05. The summed E-state index contributed by atoms with van der Waals surface area (Å²) in [7, 11) is 0. The SMILES string of the molecule is O=C(Cl)[C@@H]1CC(=O)N(CCc2ccccc2)C1. The highest BCUT2D eigenvalue weighted by molar-refractivity contribution is 6.64. The second kappa shape index (κ2) is 5.32. The van der Waals surface area contributed by atoms with Crippen LogP contribution in [0.2, 0.25) is 0 Å². The van der Waals surface area contributed by atoms with E-state index in [-0.39, 0.29) is 18.2 Å². The maximum absolute atomic E-state index is 11.6. The van der Waals surface area contributed by atoms with E-state index >= 15 is 0 Å². The fourth-order valence-electron chi connectivity index (χ4n) is 2.05. The van der Waals surface area contributed by atoms with Gasteiger partial charge in [0.05, 0.1) is 5.92 Å². The first kappa shape index (κ1) is 12.1. The molecule has 0 unspecified atom stereocenters. The van der Waals surface area contributed by atoms with Crippen LogP contribution in [0.25, 0.3) is 0 Å². The fourth-order valence-corrected chi connectivity index (χ4v) is 2.20. The van der Waals surface area contributed by atoms with E-state index < -0.39 is 5.24 Å². The van der Waals surface area contributed by atoms with Gasteiger partial charge in [0.1, 0.15) is 0 Å². The summed E-state index contributed by atoms with van der Waals surface area (Å²) in [5.74, 6) is -0.292. The van der Waals surface area contributed by atoms with E-state index in [0.717, 1.165) is 6.42 Å². The van der Waals surface area contributed by atoms with E-state index in [1.165, 1.54) is 5.56 Å². The lowest BCUT2D eigenvalue weighted by Crippen LogP contribution is -2.28. The Kier molecular flexibility index (Phi) is 3.79. The van der Waals surface area contributed by atoms with Crippen molar-refractivity contribution < 1.29 is 9.59 Å². The van der Waals surface area contributed by atoms with E-state index in [2.05, 4.69) is 0 Å². The predicted molar refractivity (Wildman–Crippen MR) is 65.7 cm³/mol. The number of carbonyl (C=O) groups is 2. The quantitative estimate of drug-likeness (QED) is 0.766. The first-order valence-electron chi connectivity index (χ1n) is 5.68. The molecule has 4 heteroatoms. The summed E-state index contributed by atoms with van der Waals surface area (Å²) in [6.45, 7) is 1.12. The zero-order valence-corrected chi connectivity index (χ0v) is 10.2. The van der Waals surface area contributed by atoms with Gasteiger partial charge < -0.3 is 4.90 Å². The number of likely N-dealkylation sites (tertiary alicyclic amines) is 1. The van der Waals surface area contributed by atoms with Crippen molar-refractivity contribution in [1.29, 1.82) is 0 Å². The number of amides is 1. The van der Waals surface area contributed by atoms with E-state index in [0.29, 0.717) is 13.1 Å². The van der Waals surface area contributed by atoms with Crippen molar-refractivity contribution in [3.8, 4) is 0 Å². The Morgan fingerprint density at radius 2 is 2.06 bits per heavy atom. The van der Waals surface area contributed by atoms with Crippen LogP contribution < -0.4 is 0 Å². The van der Waals surface area contributed by atoms with Gasteiger partial charge in [0.25, 0.3) is 0 Å². The minimum Gasteiger partial charge on any atom is -0.342 e. The van der Waals surface area contributed by atoms with Crippen molar-refractivity contribution in [2.75, 3.05) is 13.1 Å². The molecular formula is C13H14ClNO2. The Balaban J connectivity index is 1.88. The Hall–Kier alpha value is -1.35. The summed E-state index contributed by atoms with van der Waals surface area (Å²) < 4.78 is 0. The number of hydrogen-bond acceptors (Lipinski definition) is 2. The van der Waals surface area contributed by atoms with Crippen molar-refractivity contribution in [2.24, 2.45) is 5.92 Å². The van der Waals surface area contributed by atoms with Gasteiger partial charge in [0.15, 0.2) is 0 Å². The highest BCUT2D eigenvalue weighted by Gasteiger charge is 2.32. The van der Waals surface area contributed by atoms with Gasteiger partial charge in [-0.15, -0.1) is 0 Å². The third-order valence-corrected chi connectivity index (χ3v) is 3.36. The van der Waals surface area contributed by atoms with Crippen LogP contribution in [0.1, 0.15) is 12.0 Å². The van der Waals surface area contributed by atoms with E-state index in [1.807, 2.05) is 30.3 Å². The number of hydrogen-bond donors (Lipinski definition) is 0. The molecule has 0 saturated carbocycles. The molecular weight excluding hydrogens is 238 g/mol. The van der Waals surface area contributed by atoms with Gasteiger partial charge in [-0.25, -0.2) is 0 Å². The molecule has 17 heavy (non-hydrogen) atoms. The summed E-state index contributed by atoms with van der Waals surface area (Å²) in [6.07, 6.45) is 1.08. The first-order chi connectivity index (χ1) is 8.16. The standard InChI is InChI=1S/C13H14ClNO2/c14-13(17)11-8-12(16)15(9-11)7-6-10-4-2-1-3-5-10/h1-5,11H,6-9H2/t11-/m1/s1. The monoisotopic (exact) mass is 251 g/mol. The number of rotatable bonds is 4. The maximum atomic E-state index is 11.6. The number of halogens is 1. The largest absolute Gasteiger partial charge is 0.342 e. The van der Waals surface area contributed by atoms with Crippen molar-refractivity contribution in [3.63, 3.8) is 0 Å². The summed E-state index contributed by atoms with van der Waals surface area (Å²) in [6, 6.07) is 9.99. The molecule has 1 atom stereocenters. The number of benzene rings is 1. The van der Waals surface area contributed by atoms with Crippen LogP contribution in [0.4, 0.5) is 0 Å². The molecule has 3 nitrogen and oxygen atoms in total. The normalized spacial score (nSPS) is 19.7. The highest BCUT2D eigenvalue weighted by atomic mass is 35.5. The molecule has 1 fully saturated rings. The van der Waals surface area contributed by atoms with Crippen molar-refractivity contribution in [2.45, 2.75) is 12.8 Å².